The molecule has 3 aromatic heterocycles. The maximum absolute atomic E-state index is 15.1. The zero-order chi connectivity index (χ0) is 24.1. The van der Waals surface area contributed by atoms with Gasteiger partial charge in [-0.1, -0.05) is 0 Å². The van der Waals surface area contributed by atoms with Crippen molar-refractivity contribution in [3.8, 4) is 11.1 Å². The zero-order valence-corrected chi connectivity index (χ0v) is 20.3. The summed E-state index contributed by atoms with van der Waals surface area (Å²) in [5.74, 6) is 1.15. The molecule has 1 fully saturated rings. The molecule has 0 aliphatic carbocycles. The quantitative estimate of drug-likeness (QED) is 0.452. The first-order valence-corrected chi connectivity index (χ1v) is 11.7. The minimum absolute atomic E-state index is 0.0742. The van der Waals surface area contributed by atoms with E-state index >= 15 is 4.39 Å². The number of aromatic nitrogens is 5. The molecule has 1 atom stereocenters. The third kappa shape index (κ3) is 3.73. The fraction of sp³-hybridized carbons (Fsp3) is 0.440. The van der Waals surface area contributed by atoms with Crippen LogP contribution in [0.3, 0.4) is 0 Å². The first-order valence-electron chi connectivity index (χ1n) is 11.7. The van der Waals surface area contributed by atoms with E-state index in [1.807, 2.05) is 26.0 Å². The molecule has 0 N–H and O–H groups in total. The molecular formula is C25H30FN7O. The number of rotatable bonds is 5. The van der Waals surface area contributed by atoms with E-state index in [2.05, 4.69) is 39.1 Å². The highest BCUT2D eigenvalue weighted by molar-refractivity contribution is 6.02. The molecule has 4 aromatic rings. The van der Waals surface area contributed by atoms with E-state index in [4.69, 9.17) is 0 Å². The number of hydrogen-bond acceptors (Lipinski definition) is 6. The van der Waals surface area contributed by atoms with Crippen LogP contribution in [0.25, 0.3) is 33.2 Å². The molecule has 5 rings (SSSR count). The van der Waals surface area contributed by atoms with Crippen LogP contribution in [0.15, 0.2) is 35.3 Å². The van der Waals surface area contributed by atoms with Gasteiger partial charge in [-0.05, 0) is 58.5 Å². The Hall–Kier alpha value is -3.33. The predicted molar refractivity (Wildman–Crippen MR) is 133 cm³/mol. The summed E-state index contributed by atoms with van der Waals surface area (Å²) in [5.41, 5.74) is 2.52. The van der Waals surface area contributed by atoms with Gasteiger partial charge in [0.2, 0.25) is 0 Å². The normalized spacial score (nSPS) is 16.6. The highest BCUT2D eigenvalue weighted by atomic mass is 19.1. The van der Waals surface area contributed by atoms with Crippen LogP contribution in [-0.2, 0) is 7.05 Å². The van der Waals surface area contributed by atoms with Crippen LogP contribution in [0.1, 0.15) is 26.3 Å². The number of imidazole rings is 1. The number of benzene rings is 1. The Balaban J connectivity index is 1.55. The van der Waals surface area contributed by atoms with Gasteiger partial charge in [-0.25, -0.2) is 14.2 Å². The van der Waals surface area contributed by atoms with Crippen molar-refractivity contribution in [3.05, 3.63) is 46.8 Å². The molecule has 34 heavy (non-hydrogen) atoms. The topological polar surface area (TPSA) is 72.1 Å². The molecular weight excluding hydrogens is 433 g/mol. The summed E-state index contributed by atoms with van der Waals surface area (Å²) in [6.45, 7) is 6.91. The van der Waals surface area contributed by atoms with E-state index in [1.54, 1.807) is 23.9 Å². The Morgan fingerprint density at radius 1 is 1.21 bits per heavy atom. The lowest BCUT2D eigenvalue weighted by atomic mass is 10.0. The molecule has 1 aliphatic heterocycles. The van der Waals surface area contributed by atoms with Crippen LogP contribution < -0.4 is 10.6 Å². The molecule has 4 heterocycles. The number of hydrogen-bond donors (Lipinski definition) is 0. The second-order valence-corrected chi connectivity index (χ2v) is 9.79. The van der Waals surface area contributed by atoms with E-state index < -0.39 is 5.82 Å². The molecule has 1 aromatic carbocycles. The van der Waals surface area contributed by atoms with Crippen LogP contribution in [-0.4, -0.2) is 62.9 Å². The Kier molecular flexibility index (Phi) is 5.59. The second-order valence-electron chi connectivity index (χ2n) is 9.79. The van der Waals surface area contributed by atoms with E-state index in [0.29, 0.717) is 39.1 Å². The lowest BCUT2D eigenvalue weighted by Crippen LogP contribution is -2.26. The minimum Gasteiger partial charge on any atom is -0.356 e. The average molecular weight is 464 g/mol. The summed E-state index contributed by atoms with van der Waals surface area (Å²) in [4.78, 5) is 22.0. The van der Waals surface area contributed by atoms with Gasteiger partial charge < -0.3 is 9.80 Å². The standard InChI is InChI=1S/C25H30FN7O/c1-15(2)33-23-19-10-18(20(26)11-21(19)28-29-24(23)31(5)25(33)34)17-6-7-22(27-12-17)32-9-8-16(14-32)13-30(3)4/h6-7,10-12,15-16H,8-9,13-14H2,1-5H3. The van der Waals surface area contributed by atoms with Crippen molar-refractivity contribution >= 4 is 27.9 Å². The molecule has 1 aliphatic rings. The highest BCUT2D eigenvalue weighted by Crippen LogP contribution is 2.32. The first kappa shape index (κ1) is 22.5. The minimum atomic E-state index is -0.391. The number of anilines is 1. The second kappa shape index (κ2) is 8.47. The molecule has 9 heteroatoms. The van der Waals surface area contributed by atoms with Crippen molar-refractivity contribution in [2.24, 2.45) is 13.0 Å². The Morgan fingerprint density at radius 2 is 2.00 bits per heavy atom. The van der Waals surface area contributed by atoms with Gasteiger partial charge in [-0.3, -0.25) is 9.13 Å². The number of fused-ring (bicyclic) bond motifs is 3. The monoisotopic (exact) mass is 463 g/mol. The molecule has 0 amide bonds. The smallest absolute Gasteiger partial charge is 0.330 e. The van der Waals surface area contributed by atoms with Crippen molar-refractivity contribution in [2.75, 3.05) is 38.6 Å². The van der Waals surface area contributed by atoms with Gasteiger partial charge in [0.15, 0.2) is 5.65 Å². The zero-order valence-electron chi connectivity index (χ0n) is 20.3. The van der Waals surface area contributed by atoms with E-state index in [9.17, 15) is 4.79 Å². The van der Waals surface area contributed by atoms with Crippen molar-refractivity contribution < 1.29 is 4.39 Å². The van der Waals surface area contributed by atoms with Crippen LogP contribution in [0, 0.1) is 11.7 Å². The molecule has 0 saturated carbocycles. The highest BCUT2D eigenvalue weighted by Gasteiger charge is 2.24. The Morgan fingerprint density at radius 3 is 2.68 bits per heavy atom. The predicted octanol–water partition coefficient (Wildman–Crippen LogP) is 3.45. The number of pyridine rings is 1. The molecule has 8 nitrogen and oxygen atoms in total. The summed E-state index contributed by atoms with van der Waals surface area (Å²) in [5, 5.41) is 9.08. The Labute approximate surface area is 197 Å². The van der Waals surface area contributed by atoms with E-state index in [-0.39, 0.29) is 11.7 Å². The number of aryl methyl sites for hydroxylation is 1. The van der Waals surface area contributed by atoms with Crippen molar-refractivity contribution in [3.63, 3.8) is 0 Å². The number of halogens is 1. The third-order valence-electron chi connectivity index (χ3n) is 6.66. The summed E-state index contributed by atoms with van der Waals surface area (Å²) in [7, 11) is 5.88. The number of nitrogens with zero attached hydrogens (tertiary/aromatic N) is 7. The van der Waals surface area contributed by atoms with Crippen molar-refractivity contribution in [1.82, 2.24) is 29.2 Å². The van der Waals surface area contributed by atoms with Crippen molar-refractivity contribution in [2.45, 2.75) is 26.3 Å². The first-order chi connectivity index (χ1) is 16.2. The van der Waals surface area contributed by atoms with Gasteiger partial charge in [0.05, 0.1) is 5.52 Å². The van der Waals surface area contributed by atoms with Gasteiger partial charge in [-0.15, -0.1) is 10.2 Å². The summed E-state index contributed by atoms with van der Waals surface area (Å²) < 4.78 is 18.3. The maximum Gasteiger partial charge on any atom is 0.330 e. The molecule has 0 radical (unpaired) electrons. The van der Waals surface area contributed by atoms with Crippen LogP contribution in [0.2, 0.25) is 0 Å². The van der Waals surface area contributed by atoms with Crippen molar-refractivity contribution in [1.29, 1.82) is 0 Å². The van der Waals surface area contributed by atoms with Gasteiger partial charge in [-0.2, -0.15) is 0 Å². The fourth-order valence-corrected chi connectivity index (χ4v) is 5.05. The van der Waals surface area contributed by atoms with Gasteiger partial charge in [0.25, 0.3) is 0 Å². The molecule has 1 unspecified atom stereocenters. The van der Waals surface area contributed by atoms with Crippen LogP contribution in [0.5, 0.6) is 0 Å². The van der Waals surface area contributed by atoms with Crippen LogP contribution >= 0.6 is 0 Å². The summed E-state index contributed by atoms with van der Waals surface area (Å²) in [6, 6.07) is 6.95. The van der Waals surface area contributed by atoms with Gasteiger partial charge in [0, 0.05) is 61.5 Å². The van der Waals surface area contributed by atoms with E-state index in [1.165, 1.54) is 10.6 Å². The summed E-state index contributed by atoms with van der Waals surface area (Å²) >= 11 is 0. The third-order valence-corrected chi connectivity index (χ3v) is 6.66. The lowest BCUT2D eigenvalue weighted by Gasteiger charge is -2.19. The average Bonchev–Trinajstić information content (AvgIpc) is 3.35. The van der Waals surface area contributed by atoms with Crippen LogP contribution in [0.4, 0.5) is 10.2 Å². The fourth-order valence-electron chi connectivity index (χ4n) is 5.05. The van der Waals surface area contributed by atoms with E-state index in [0.717, 1.165) is 31.9 Å². The summed E-state index contributed by atoms with van der Waals surface area (Å²) in [6.07, 6.45) is 2.87. The SMILES string of the molecule is CC(C)n1c(=O)n(C)c2nnc3cc(F)c(-c4ccc(N5CCC(CN(C)C)C5)nc4)cc3c21. The van der Waals surface area contributed by atoms with Gasteiger partial charge >= 0.3 is 5.69 Å². The maximum atomic E-state index is 15.1. The molecule has 178 valence electrons. The van der Waals surface area contributed by atoms with Gasteiger partial charge in [0.1, 0.15) is 17.2 Å². The molecule has 1 saturated heterocycles. The largest absolute Gasteiger partial charge is 0.356 e. The molecule has 0 spiro atoms. The lowest BCUT2D eigenvalue weighted by molar-refractivity contribution is 0.340. The Bertz CT molecular complexity index is 1420. The molecule has 0 bridgehead atoms.